The maximum absolute atomic E-state index is 14.1. The molecular weight excluding hydrogens is 618 g/mol. The number of likely N-dealkylation sites (tertiary alicyclic amines) is 2. The van der Waals surface area contributed by atoms with E-state index in [2.05, 4.69) is 78.8 Å². The second-order valence-electron chi connectivity index (χ2n) is 13.0. The van der Waals surface area contributed by atoms with Gasteiger partial charge in [0.05, 0.1) is 36.0 Å². The lowest BCUT2D eigenvalue weighted by Crippen LogP contribution is -2.42. The number of aromatic nitrogens is 6. The first-order valence-corrected chi connectivity index (χ1v) is 17.3. The Kier molecular flexibility index (Phi) is 9.85. The third kappa shape index (κ3) is 7.02. The lowest BCUT2D eigenvalue weighted by Gasteiger charge is -2.36. The molecule has 256 valence electrons. The molecular formula is C37H45N9O3. The van der Waals surface area contributed by atoms with E-state index in [0.717, 1.165) is 68.8 Å². The molecule has 2 aliphatic heterocycles. The average molecular weight is 664 g/mol. The van der Waals surface area contributed by atoms with Crippen molar-refractivity contribution in [1.29, 1.82) is 0 Å². The summed E-state index contributed by atoms with van der Waals surface area (Å²) < 4.78 is 15.1. The van der Waals surface area contributed by atoms with Crippen molar-refractivity contribution in [3.63, 3.8) is 0 Å². The number of anilines is 1. The number of tetrazole rings is 1. The minimum Gasteiger partial charge on any atom is -0.496 e. The van der Waals surface area contributed by atoms with Gasteiger partial charge in [-0.3, -0.25) is 4.79 Å². The minimum absolute atomic E-state index is 0.0382. The van der Waals surface area contributed by atoms with Gasteiger partial charge in [-0.15, -0.1) is 5.10 Å². The van der Waals surface area contributed by atoms with E-state index in [1.54, 1.807) is 17.9 Å². The molecule has 3 aromatic carbocycles. The molecule has 49 heavy (non-hydrogen) atoms. The molecule has 0 radical (unpaired) electrons. The van der Waals surface area contributed by atoms with E-state index in [1.807, 2.05) is 30.0 Å². The van der Waals surface area contributed by atoms with Crippen LogP contribution in [0.5, 0.6) is 5.75 Å². The number of benzene rings is 3. The third-order valence-electron chi connectivity index (χ3n) is 10.2. The summed E-state index contributed by atoms with van der Waals surface area (Å²) >= 11 is 0. The van der Waals surface area contributed by atoms with Gasteiger partial charge >= 0.3 is 0 Å². The molecule has 12 nitrogen and oxygen atoms in total. The molecule has 1 unspecified atom stereocenters. The van der Waals surface area contributed by atoms with Crippen molar-refractivity contribution in [3.8, 4) is 11.4 Å². The van der Waals surface area contributed by atoms with Gasteiger partial charge in [-0.2, -0.15) is 0 Å². The summed E-state index contributed by atoms with van der Waals surface area (Å²) in [6.45, 7) is 8.53. The molecule has 0 spiro atoms. The summed E-state index contributed by atoms with van der Waals surface area (Å²) in [6, 6.07) is 24.9. The van der Waals surface area contributed by atoms with Crippen molar-refractivity contribution in [2.24, 2.45) is 0 Å². The average Bonchev–Trinajstić information content (AvgIpc) is 3.92. The maximum Gasteiger partial charge on any atom is 0.257 e. The van der Waals surface area contributed by atoms with Crippen LogP contribution in [0.3, 0.4) is 0 Å². The molecule has 1 N–H and O–H groups in total. The molecule has 0 saturated carbocycles. The Morgan fingerprint density at radius 1 is 1.00 bits per heavy atom. The van der Waals surface area contributed by atoms with Crippen LogP contribution in [0.2, 0.25) is 0 Å². The molecule has 2 saturated heterocycles. The third-order valence-corrected chi connectivity index (χ3v) is 10.2. The van der Waals surface area contributed by atoms with Crippen LogP contribution in [0.4, 0.5) is 5.95 Å². The molecule has 0 aliphatic carbocycles. The largest absolute Gasteiger partial charge is 0.496 e. The lowest BCUT2D eigenvalue weighted by molar-refractivity contribution is 0.0776. The van der Waals surface area contributed by atoms with Gasteiger partial charge < -0.3 is 29.2 Å². The van der Waals surface area contributed by atoms with Gasteiger partial charge in [0.25, 0.3) is 5.91 Å². The van der Waals surface area contributed by atoms with Gasteiger partial charge in [0.1, 0.15) is 12.1 Å². The predicted octanol–water partition coefficient (Wildman–Crippen LogP) is 4.81. The molecule has 2 aromatic heterocycles. The molecule has 2 fully saturated rings. The van der Waals surface area contributed by atoms with E-state index in [-0.39, 0.29) is 11.3 Å². The lowest BCUT2D eigenvalue weighted by atomic mass is 9.76. The second-order valence-corrected chi connectivity index (χ2v) is 13.0. The van der Waals surface area contributed by atoms with Crippen molar-refractivity contribution >= 4 is 22.9 Å². The molecule has 5 aromatic rings. The van der Waals surface area contributed by atoms with Gasteiger partial charge in [0.15, 0.2) is 0 Å². The van der Waals surface area contributed by atoms with E-state index >= 15 is 0 Å². The van der Waals surface area contributed by atoms with Gasteiger partial charge in [0.2, 0.25) is 5.95 Å². The number of ether oxygens (including phenoxy) is 2. The van der Waals surface area contributed by atoms with E-state index in [1.165, 1.54) is 11.9 Å². The zero-order chi connectivity index (χ0) is 33.6. The van der Waals surface area contributed by atoms with Crippen LogP contribution >= 0.6 is 0 Å². The fourth-order valence-corrected chi connectivity index (χ4v) is 7.44. The molecule has 12 heteroatoms. The summed E-state index contributed by atoms with van der Waals surface area (Å²) in [4.78, 5) is 23.6. The Morgan fingerprint density at radius 3 is 2.59 bits per heavy atom. The number of amides is 1. The van der Waals surface area contributed by atoms with E-state index < -0.39 is 0 Å². The van der Waals surface area contributed by atoms with Gasteiger partial charge in [0, 0.05) is 50.8 Å². The fraction of sp³-hybridized carbons (Fsp3) is 0.432. The van der Waals surface area contributed by atoms with Crippen molar-refractivity contribution < 1.29 is 14.3 Å². The number of imidazole rings is 1. The van der Waals surface area contributed by atoms with Crippen LogP contribution in [-0.4, -0.2) is 105 Å². The van der Waals surface area contributed by atoms with Crippen LogP contribution in [0, 0.1) is 0 Å². The van der Waals surface area contributed by atoms with Gasteiger partial charge in [-0.1, -0.05) is 42.5 Å². The highest BCUT2D eigenvalue weighted by atomic mass is 16.5. The summed E-state index contributed by atoms with van der Waals surface area (Å²) in [5, 5.41) is 15.3. The minimum atomic E-state index is -0.127. The maximum atomic E-state index is 14.1. The van der Waals surface area contributed by atoms with Crippen molar-refractivity contribution in [1.82, 2.24) is 39.6 Å². The van der Waals surface area contributed by atoms with Crippen LogP contribution in [0.15, 0.2) is 79.1 Å². The summed E-state index contributed by atoms with van der Waals surface area (Å²) in [7, 11) is 1.60. The van der Waals surface area contributed by atoms with Crippen molar-refractivity contribution in [3.05, 3.63) is 90.3 Å². The number of hydrogen-bond donors (Lipinski definition) is 1. The van der Waals surface area contributed by atoms with Crippen LogP contribution in [0.25, 0.3) is 16.7 Å². The Morgan fingerprint density at radius 2 is 1.82 bits per heavy atom. The first-order valence-electron chi connectivity index (χ1n) is 17.3. The van der Waals surface area contributed by atoms with Crippen LogP contribution < -0.4 is 10.1 Å². The number of nitrogens with one attached hydrogen (secondary N) is 1. The predicted molar refractivity (Wildman–Crippen MR) is 188 cm³/mol. The number of rotatable bonds is 13. The first kappa shape index (κ1) is 32.7. The molecule has 2 aliphatic rings. The van der Waals surface area contributed by atoms with E-state index in [9.17, 15) is 4.79 Å². The Labute approximate surface area is 287 Å². The first-order chi connectivity index (χ1) is 24.1. The van der Waals surface area contributed by atoms with Crippen LogP contribution in [0.1, 0.15) is 48.5 Å². The summed E-state index contributed by atoms with van der Waals surface area (Å²) in [5.41, 5.74) is 4.54. The number of carbonyl (C=O) groups is 1. The number of nitrogens with zero attached hydrogens (tertiary/aromatic N) is 8. The standard InChI is InChI=1S/C37H45N9O3/c1-3-49-24-23-45-33-12-8-7-11-32(33)40-36(45)39-29-15-19-43(20-16-29)21-17-37(28-9-5-4-6-10-28)18-22-44(26-37)35(47)31-25-30(13-14-34(31)48-2)46-27-38-41-42-46/h4-14,25,27,29H,3,15-24,26H2,1-2H3,(H,39,40). The fourth-order valence-electron chi connectivity index (χ4n) is 7.44. The Bertz CT molecular complexity index is 1840. The topological polar surface area (TPSA) is 115 Å². The Balaban J connectivity index is 1.01. The number of hydrogen-bond acceptors (Lipinski definition) is 9. The monoisotopic (exact) mass is 663 g/mol. The summed E-state index contributed by atoms with van der Waals surface area (Å²) in [6.07, 6.45) is 5.51. The molecule has 7 rings (SSSR count). The van der Waals surface area contributed by atoms with E-state index in [0.29, 0.717) is 49.3 Å². The summed E-state index contributed by atoms with van der Waals surface area (Å²) in [5.74, 6) is 1.43. The highest BCUT2D eigenvalue weighted by molar-refractivity contribution is 5.98. The van der Waals surface area contributed by atoms with Gasteiger partial charge in [-0.25, -0.2) is 9.67 Å². The van der Waals surface area contributed by atoms with Crippen LogP contribution in [-0.2, 0) is 16.7 Å². The highest BCUT2D eigenvalue weighted by Crippen LogP contribution is 2.39. The molecule has 1 atom stereocenters. The molecule has 0 bridgehead atoms. The molecule has 4 heterocycles. The number of carbonyl (C=O) groups excluding carboxylic acids is 1. The normalized spacial score (nSPS) is 18.7. The smallest absolute Gasteiger partial charge is 0.257 e. The zero-order valence-electron chi connectivity index (χ0n) is 28.4. The molecule has 1 amide bonds. The SMILES string of the molecule is CCOCCn1c(NC2CCN(CCC3(c4ccccc4)CCN(C(=O)c4cc(-n5cnnn5)ccc4OC)C3)CC2)nc2ccccc21. The quantitative estimate of drug-likeness (QED) is 0.177. The number of para-hydroxylation sites is 2. The van der Waals surface area contributed by atoms with Crippen molar-refractivity contribution in [2.45, 2.75) is 50.6 Å². The zero-order valence-corrected chi connectivity index (χ0v) is 28.4. The second kappa shape index (κ2) is 14.8. The highest BCUT2D eigenvalue weighted by Gasteiger charge is 2.42. The Hall–Kier alpha value is -4.81. The number of piperidine rings is 1. The van der Waals surface area contributed by atoms with E-state index in [4.69, 9.17) is 14.5 Å². The number of methoxy groups -OCH3 is 1. The number of fused-ring (bicyclic) bond motifs is 1. The van der Waals surface area contributed by atoms with Crippen molar-refractivity contribution in [2.75, 3.05) is 58.4 Å². The van der Waals surface area contributed by atoms with Gasteiger partial charge in [-0.05, 0) is 85.5 Å².